The molecule has 0 radical (unpaired) electrons. The van der Waals surface area contributed by atoms with Crippen molar-refractivity contribution in [2.45, 2.75) is 11.3 Å². The quantitative estimate of drug-likeness (QED) is 0.295. The number of hydrogen-bond donors (Lipinski definition) is 2. The van der Waals surface area contributed by atoms with Crippen LogP contribution in [0.1, 0.15) is 5.56 Å². The number of benzene rings is 3. The number of halogens is 2. The van der Waals surface area contributed by atoms with Crippen molar-refractivity contribution in [3.63, 3.8) is 0 Å². The molecule has 5 nitrogen and oxygen atoms in total. The number of carbonyl (C=O) groups is 1. The van der Waals surface area contributed by atoms with E-state index in [0.29, 0.717) is 16.9 Å². The molecule has 0 saturated carbocycles. The number of anilines is 1. The smallest absolute Gasteiger partial charge is 0.228 e. The molecule has 172 valence electrons. The molecule has 0 aliphatic carbocycles. The van der Waals surface area contributed by atoms with Gasteiger partial charge in [-0.1, -0.05) is 30.3 Å². The first-order valence-corrected chi connectivity index (χ1v) is 11.2. The highest BCUT2D eigenvalue weighted by Crippen LogP contribution is 2.34. The first-order valence-electron chi connectivity index (χ1n) is 10.4. The predicted molar refractivity (Wildman–Crippen MR) is 130 cm³/mol. The largest absolute Gasteiger partial charge is 0.455 e. The molecule has 8 heteroatoms. The van der Waals surface area contributed by atoms with Gasteiger partial charge >= 0.3 is 0 Å². The minimum Gasteiger partial charge on any atom is -0.455 e. The number of nitrogens with zero attached hydrogens (tertiary/aromatic N) is 1. The van der Waals surface area contributed by atoms with Crippen LogP contribution in [0.15, 0.2) is 90.0 Å². The maximum atomic E-state index is 13.8. The summed E-state index contributed by atoms with van der Waals surface area (Å²) in [6.45, 7) is 0. The lowest BCUT2D eigenvalue weighted by atomic mass is 10.1. The molecule has 4 rings (SSSR count). The summed E-state index contributed by atoms with van der Waals surface area (Å²) in [6.07, 6.45) is 1.65. The highest BCUT2D eigenvalue weighted by atomic mass is 32.2. The van der Waals surface area contributed by atoms with Crippen LogP contribution in [0.2, 0.25) is 0 Å². The summed E-state index contributed by atoms with van der Waals surface area (Å²) in [7, 11) is 1.84. The molecule has 1 heterocycles. The van der Waals surface area contributed by atoms with Crippen molar-refractivity contribution in [2.24, 2.45) is 0 Å². The molecule has 0 spiro atoms. The molecule has 2 N–H and O–H groups in total. The van der Waals surface area contributed by atoms with Crippen LogP contribution in [-0.2, 0) is 11.2 Å². The molecule has 0 saturated heterocycles. The van der Waals surface area contributed by atoms with Crippen molar-refractivity contribution >= 4 is 23.5 Å². The third-order valence-electron chi connectivity index (χ3n) is 4.77. The minimum absolute atomic E-state index is 0.177. The monoisotopic (exact) mass is 477 g/mol. The number of pyridine rings is 1. The zero-order valence-electron chi connectivity index (χ0n) is 18.2. The molecule has 0 atom stereocenters. The zero-order valence-corrected chi connectivity index (χ0v) is 19.0. The molecule has 4 aromatic rings. The Morgan fingerprint density at radius 1 is 0.971 bits per heavy atom. The van der Waals surface area contributed by atoms with Crippen molar-refractivity contribution in [3.05, 3.63) is 102 Å². The van der Waals surface area contributed by atoms with Crippen molar-refractivity contribution < 1.29 is 18.3 Å². The molecule has 0 unspecified atom stereocenters. The summed E-state index contributed by atoms with van der Waals surface area (Å²) in [5.41, 5.74) is 2.11. The summed E-state index contributed by atoms with van der Waals surface area (Å²) < 4.78 is 36.4. The van der Waals surface area contributed by atoms with Gasteiger partial charge in [-0.2, -0.15) is 0 Å². The second-order valence-electron chi connectivity index (χ2n) is 7.32. The van der Waals surface area contributed by atoms with Gasteiger partial charge in [0.15, 0.2) is 5.75 Å². The molecule has 1 aromatic heterocycles. The van der Waals surface area contributed by atoms with E-state index in [1.807, 2.05) is 31.3 Å². The second kappa shape index (κ2) is 10.9. The predicted octanol–water partition coefficient (Wildman–Crippen LogP) is 6.23. The molecule has 0 aliphatic rings. The van der Waals surface area contributed by atoms with E-state index in [1.165, 1.54) is 48.5 Å². The molecule has 1 amide bonds. The van der Waals surface area contributed by atoms with E-state index in [2.05, 4.69) is 15.0 Å². The van der Waals surface area contributed by atoms with E-state index in [4.69, 9.17) is 4.74 Å². The maximum Gasteiger partial charge on any atom is 0.228 e. The van der Waals surface area contributed by atoms with Crippen molar-refractivity contribution in [1.82, 2.24) is 9.71 Å². The molecule has 34 heavy (non-hydrogen) atoms. The lowest BCUT2D eigenvalue weighted by Crippen LogP contribution is -2.14. The summed E-state index contributed by atoms with van der Waals surface area (Å²) in [5, 5.41) is 2.81. The fraction of sp³-hybridized carbons (Fsp3) is 0.0769. The van der Waals surface area contributed by atoms with Gasteiger partial charge in [-0.05, 0) is 61.0 Å². The highest BCUT2D eigenvalue weighted by molar-refractivity contribution is 7.97. The number of amides is 1. The fourth-order valence-corrected chi connectivity index (χ4v) is 3.79. The van der Waals surface area contributed by atoms with Crippen LogP contribution in [0.3, 0.4) is 0 Å². The normalized spacial score (nSPS) is 10.7. The lowest BCUT2D eigenvalue weighted by molar-refractivity contribution is -0.115. The Bertz CT molecular complexity index is 1300. The average molecular weight is 478 g/mol. The van der Waals surface area contributed by atoms with Gasteiger partial charge in [0.25, 0.3) is 0 Å². The van der Waals surface area contributed by atoms with Gasteiger partial charge in [-0.15, -0.1) is 0 Å². The van der Waals surface area contributed by atoms with E-state index < -0.39 is 11.6 Å². The Kier molecular flexibility index (Phi) is 7.51. The van der Waals surface area contributed by atoms with Crippen LogP contribution >= 0.6 is 11.9 Å². The van der Waals surface area contributed by atoms with E-state index in [0.717, 1.165) is 10.5 Å². The molecule has 3 aromatic carbocycles. The lowest BCUT2D eigenvalue weighted by Gasteiger charge is -2.13. The maximum absolute atomic E-state index is 13.8. The van der Waals surface area contributed by atoms with E-state index >= 15 is 0 Å². The van der Waals surface area contributed by atoms with Crippen molar-refractivity contribution in [2.75, 3.05) is 12.4 Å². The number of nitrogens with one attached hydrogen (secondary N) is 2. The zero-order chi connectivity index (χ0) is 23.9. The number of aromatic nitrogens is 1. The van der Waals surface area contributed by atoms with E-state index in [1.54, 1.807) is 24.3 Å². The van der Waals surface area contributed by atoms with Gasteiger partial charge in [-0.25, -0.2) is 8.78 Å². The summed E-state index contributed by atoms with van der Waals surface area (Å²) >= 11 is 1.49. The van der Waals surface area contributed by atoms with Crippen LogP contribution in [0.5, 0.6) is 11.5 Å². The van der Waals surface area contributed by atoms with Crippen molar-refractivity contribution in [3.8, 4) is 22.8 Å². The van der Waals surface area contributed by atoms with Gasteiger partial charge in [-0.3, -0.25) is 14.5 Å². The van der Waals surface area contributed by atoms with Crippen LogP contribution in [0, 0.1) is 11.6 Å². The third kappa shape index (κ3) is 6.18. The standard InChI is InChI=1S/C26H21F2N3O2S/c1-29-34-23-10-8-17(9-11-23)12-25(32)31-21-15-24(33-22-7-3-6-20(28)14-22)26(30-16-21)18-4-2-5-19(27)13-18/h2-11,13-16,29H,12H2,1H3,(H,31,32). The first-order chi connectivity index (χ1) is 16.5. The summed E-state index contributed by atoms with van der Waals surface area (Å²) in [5.74, 6) is -0.607. The molecule has 0 fully saturated rings. The Morgan fingerprint density at radius 3 is 2.41 bits per heavy atom. The van der Waals surface area contributed by atoms with Crippen LogP contribution in [0.25, 0.3) is 11.3 Å². The van der Waals surface area contributed by atoms with E-state index in [9.17, 15) is 13.6 Å². The van der Waals surface area contributed by atoms with Gasteiger partial charge < -0.3 is 10.1 Å². The number of hydrogen-bond acceptors (Lipinski definition) is 5. The minimum atomic E-state index is -0.457. The third-order valence-corrected chi connectivity index (χ3v) is 5.48. The average Bonchev–Trinajstić information content (AvgIpc) is 2.81. The number of ether oxygens (including phenoxy) is 1. The Balaban J connectivity index is 1.57. The Labute approximate surface area is 200 Å². The summed E-state index contributed by atoms with van der Waals surface area (Å²) in [4.78, 5) is 18.0. The van der Waals surface area contributed by atoms with Gasteiger partial charge in [0.2, 0.25) is 5.91 Å². The van der Waals surface area contributed by atoms with Crippen LogP contribution in [0.4, 0.5) is 14.5 Å². The second-order valence-corrected chi connectivity index (χ2v) is 8.40. The molecule has 0 aliphatic heterocycles. The first kappa shape index (κ1) is 23.4. The summed E-state index contributed by atoms with van der Waals surface area (Å²) in [6, 6.07) is 20.8. The SMILES string of the molecule is CNSc1ccc(CC(=O)Nc2cnc(-c3cccc(F)c3)c(Oc3cccc(F)c3)c2)cc1. The molecule has 0 bridgehead atoms. The van der Waals surface area contributed by atoms with Gasteiger partial charge in [0, 0.05) is 22.6 Å². The van der Waals surface area contributed by atoms with E-state index in [-0.39, 0.29) is 23.8 Å². The van der Waals surface area contributed by atoms with Crippen molar-refractivity contribution in [1.29, 1.82) is 0 Å². The number of rotatable bonds is 8. The van der Waals surface area contributed by atoms with Gasteiger partial charge in [0.05, 0.1) is 18.3 Å². The molecular weight excluding hydrogens is 456 g/mol. The number of carbonyl (C=O) groups excluding carboxylic acids is 1. The fourth-order valence-electron chi connectivity index (χ4n) is 3.28. The topological polar surface area (TPSA) is 63.2 Å². The Hall–Kier alpha value is -3.75. The van der Waals surface area contributed by atoms with Crippen LogP contribution < -0.4 is 14.8 Å². The van der Waals surface area contributed by atoms with Crippen LogP contribution in [-0.4, -0.2) is 17.9 Å². The molecular formula is C26H21F2N3O2S. The van der Waals surface area contributed by atoms with Gasteiger partial charge in [0.1, 0.15) is 23.1 Å². The highest BCUT2D eigenvalue weighted by Gasteiger charge is 2.14. The Morgan fingerprint density at radius 2 is 1.71 bits per heavy atom.